The number of para-hydroxylation sites is 1. The number of methoxy groups -OCH3 is 2. The highest BCUT2D eigenvalue weighted by Gasteiger charge is 2.65. The molecule has 0 aromatic heterocycles. The lowest BCUT2D eigenvalue weighted by molar-refractivity contribution is -0.273. The van der Waals surface area contributed by atoms with Gasteiger partial charge in [0, 0.05) is 38.2 Å². The summed E-state index contributed by atoms with van der Waals surface area (Å²) < 4.78 is 48.6. The van der Waals surface area contributed by atoms with Crippen molar-refractivity contribution in [3.05, 3.63) is 119 Å². The van der Waals surface area contributed by atoms with Crippen molar-refractivity contribution >= 4 is 28.2 Å². The molecule has 13 heteroatoms. The molecule has 1 fully saturated rings. The van der Waals surface area contributed by atoms with Crippen LogP contribution in [-0.2, 0) is 48.0 Å². The summed E-state index contributed by atoms with van der Waals surface area (Å²) in [5, 5.41) is 0. The molecule has 0 bridgehead atoms. The molecule has 0 aliphatic carbocycles. The molecule has 3 radical (unpaired) electrons. The average molecular weight is 908 g/mol. The fraction of sp³-hybridized carbons (Fsp3) is 0.500. The number of carbonyl (C=O) groups is 2. The third-order valence-electron chi connectivity index (χ3n) is 12.9. The van der Waals surface area contributed by atoms with Gasteiger partial charge in [-0.05, 0) is 77.1 Å². The third kappa shape index (κ3) is 11.2. The Labute approximate surface area is 389 Å². The van der Waals surface area contributed by atoms with E-state index in [0.717, 1.165) is 33.8 Å². The summed E-state index contributed by atoms with van der Waals surface area (Å²) in [6.07, 6.45) is 0.940. The SMILES string of the molecule is COCCCN1C(=O)COc2ccc(COC3(O[Si])CN(C(=O)OCc4ccccc4)C(C(C)C)(C(C)C)C(C(C)C)C3c3ccc(OCCCOCc4ccccc4OC)cc3)cc21. The molecule has 1 saturated heterocycles. The fourth-order valence-corrected chi connectivity index (χ4v) is 10.4. The van der Waals surface area contributed by atoms with Gasteiger partial charge in [0.05, 0.1) is 51.3 Å². The molecule has 0 saturated carbocycles. The predicted molar refractivity (Wildman–Crippen MR) is 251 cm³/mol. The minimum absolute atomic E-state index is 0.00414. The molecule has 6 rings (SSSR count). The summed E-state index contributed by atoms with van der Waals surface area (Å²) in [6.45, 7) is 15.9. The molecule has 3 atom stereocenters. The maximum absolute atomic E-state index is 14.8. The molecule has 3 unspecified atom stereocenters. The summed E-state index contributed by atoms with van der Waals surface area (Å²) in [5.41, 5.74) is 3.65. The van der Waals surface area contributed by atoms with Crippen LogP contribution in [0.5, 0.6) is 17.2 Å². The third-order valence-corrected chi connectivity index (χ3v) is 13.3. The Hall–Kier alpha value is -4.92. The van der Waals surface area contributed by atoms with Crippen LogP contribution in [0.1, 0.15) is 82.6 Å². The zero-order chi connectivity index (χ0) is 46.6. The van der Waals surface area contributed by atoms with Crippen LogP contribution in [-0.4, -0.2) is 92.4 Å². The van der Waals surface area contributed by atoms with E-state index < -0.39 is 23.3 Å². The monoisotopic (exact) mass is 907 g/mol. The maximum Gasteiger partial charge on any atom is 0.410 e. The number of amides is 2. The highest BCUT2D eigenvalue weighted by molar-refractivity contribution is 5.98. The van der Waals surface area contributed by atoms with Gasteiger partial charge in [0.15, 0.2) is 12.4 Å². The normalized spacial score (nSPS) is 19.4. The standard InChI is InChI=1S/C52H67N2O10Si/c1-36(2)48-49(41-21-23-43(24-22-41)60-29-15-28-59-33-42-18-12-13-19-45(42)58-8)51(64-65,63-32-40-20-25-46-44(30-40)53(26-14-27-57-7)47(55)34-61-46)35-54(52(48,37(3)4)38(5)6)50(56)62-31-39-16-10-9-11-17-39/h9-13,16-25,30,36-38,48-49H,14-15,26-29,31-35H2,1-8H3. The Morgan fingerprint density at radius 2 is 1.54 bits per heavy atom. The minimum atomic E-state index is -1.42. The summed E-state index contributed by atoms with van der Waals surface area (Å²) >= 11 is 0. The van der Waals surface area contributed by atoms with E-state index >= 15 is 0 Å². The molecule has 2 aliphatic rings. The van der Waals surface area contributed by atoms with Gasteiger partial charge < -0.3 is 42.5 Å². The van der Waals surface area contributed by atoms with Crippen molar-refractivity contribution in [3.8, 4) is 17.2 Å². The van der Waals surface area contributed by atoms with E-state index in [0.29, 0.717) is 57.3 Å². The van der Waals surface area contributed by atoms with E-state index in [-0.39, 0.29) is 55.9 Å². The van der Waals surface area contributed by atoms with E-state index in [4.69, 9.17) is 37.6 Å². The van der Waals surface area contributed by atoms with Crippen LogP contribution < -0.4 is 19.1 Å². The summed E-state index contributed by atoms with van der Waals surface area (Å²) in [4.78, 5) is 31.6. The second kappa shape index (κ2) is 23.0. The predicted octanol–water partition coefficient (Wildman–Crippen LogP) is 9.52. The van der Waals surface area contributed by atoms with Gasteiger partial charge in [-0.3, -0.25) is 9.69 Å². The van der Waals surface area contributed by atoms with Crippen LogP contribution in [0.3, 0.4) is 0 Å². The van der Waals surface area contributed by atoms with Gasteiger partial charge in [0.25, 0.3) is 5.91 Å². The number of nitrogens with zero attached hydrogens (tertiary/aromatic N) is 2. The van der Waals surface area contributed by atoms with Crippen molar-refractivity contribution in [1.29, 1.82) is 0 Å². The van der Waals surface area contributed by atoms with Crippen LogP contribution in [0.25, 0.3) is 0 Å². The van der Waals surface area contributed by atoms with Crippen LogP contribution >= 0.6 is 0 Å². The number of benzene rings is 4. The molecule has 2 amide bonds. The first-order valence-corrected chi connectivity index (χ1v) is 23.2. The lowest BCUT2D eigenvalue weighted by Crippen LogP contribution is -2.74. The van der Waals surface area contributed by atoms with Gasteiger partial charge in [-0.15, -0.1) is 0 Å². The number of ether oxygens (including phenoxy) is 7. The zero-order valence-electron chi connectivity index (χ0n) is 39.4. The Bertz CT molecular complexity index is 2130. The Kier molecular flexibility index (Phi) is 17.5. The van der Waals surface area contributed by atoms with Gasteiger partial charge in [0.1, 0.15) is 23.9 Å². The fourth-order valence-electron chi connectivity index (χ4n) is 10.2. The number of likely N-dealkylation sites (tertiary alicyclic amines) is 1. The molecule has 2 aliphatic heterocycles. The van der Waals surface area contributed by atoms with Gasteiger partial charge >= 0.3 is 6.09 Å². The minimum Gasteiger partial charge on any atom is -0.496 e. The van der Waals surface area contributed by atoms with E-state index in [2.05, 4.69) is 64.2 Å². The quantitative estimate of drug-likeness (QED) is 0.0429. The second-order valence-corrected chi connectivity index (χ2v) is 18.1. The first-order chi connectivity index (χ1) is 31.4. The summed E-state index contributed by atoms with van der Waals surface area (Å²) in [5.74, 6) is 0.0749. The second-order valence-electron chi connectivity index (χ2n) is 17.9. The summed E-state index contributed by atoms with van der Waals surface area (Å²) in [6, 6.07) is 31.5. The molecule has 0 spiro atoms. The van der Waals surface area contributed by atoms with Crippen LogP contribution in [0, 0.1) is 23.7 Å². The number of piperidine rings is 1. The smallest absolute Gasteiger partial charge is 0.410 e. The van der Waals surface area contributed by atoms with Crippen molar-refractivity contribution < 1.29 is 47.2 Å². The molecular formula is C52H67N2O10Si. The lowest BCUT2D eigenvalue weighted by Gasteiger charge is -2.64. The number of hydrogen-bond donors (Lipinski definition) is 0. The topological polar surface area (TPSA) is 114 Å². The number of rotatable bonds is 22. The van der Waals surface area contributed by atoms with E-state index in [1.165, 1.54) is 0 Å². The number of hydrogen-bond acceptors (Lipinski definition) is 10. The van der Waals surface area contributed by atoms with Gasteiger partial charge in [-0.2, -0.15) is 0 Å². The Balaban J connectivity index is 1.32. The first-order valence-electron chi connectivity index (χ1n) is 22.8. The molecule has 0 N–H and O–H groups in total. The average Bonchev–Trinajstić information content (AvgIpc) is 3.31. The van der Waals surface area contributed by atoms with Crippen LogP contribution in [0.4, 0.5) is 10.5 Å². The van der Waals surface area contributed by atoms with Crippen LogP contribution in [0.2, 0.25) is 0 Å². The largest absolute Gasteiger partial charge is 0.496 e. The zero-order valence-corrected chi connectivity index (χ0v) is 40.4. The highest BCUT2D eigenvalue weighted by atomic mass is 28.2. The lowest BCUT2D eigenvalue weighted by atomic mass is 9.54. The molecule has 4 aromatic carbocycles. The molecule has 65 heavy (non-hydrogen) atoms. The van der Waals surface area contributed by atoms with E-state index in [9.17, 15) is 9.59 Å². The van der Waals surface area contributed by atoms with Crippen molar-refractivity contribution in [2.45, 2.75) is 91.4 Å². The van der Waals surface area contributed by atoms with E-state index in [1.807, 2.05) is 89.8 Å². The maximum atomic E-state index is 14.8. The molecule has 12 nitrogen and oxygen atoms in total. The molecule has 349 valence electrons. The van der Waals surface area contributed by atoms with Gasteiger partial charge in [0.2, 0.25) is 10.5 Å². The van der Waals surface area contributed by atoms with Crippen molar-refractivity contribution in [2.24, 2.45) is 23.7 Å². The van der Waals surface area contributed by atoms with Crippen molar-refractivity contribution in [2.75, 3.05) is 58.6 Å². The molecule has 4 aromatic rings. The molecule has 2 heterocycles. The first kappa shape index (κ1) is 49.5. The highest BCUT2D eigenvalue weighted by Crippen LogP contribution is 2.58. The molecular weight excluding hydrogens is 841 g/mol. The van der Waals surface area contributed by atoms with Crippen molar-refractivity contribution in [3.63, 3.8) is 0 Å². The number of carbonyl (C=O) groups excluding carboxylic acids is 2. The van der Waals surface area contributed by atoms with Gasteiger partial charge in [-0.1, -0.05) is 108 Å². The van der Waals surface area contributed by atoms with Gasteiger partial charge in [-0.25, -0.2) is 4.79 Å². The van der Waals surface area contributed by atoms with Crippen molar-refractivity contribution in [1.82, 2.24) is 4.90 Å². The van der Waals surface area contributed by atoms with E-state index in [1.54, 1.807) is 19.1 Å². The summed E-state index contributed by atoms with van der Waals surface area (Å²) in [7, 11) is 6.87. The Morgan fingerprint density at radius 3 is 2.22 bits per heavy atom. The number of anilines is 1. The Morgan fingerprint density at radius 1 is 0.815 bits per heavy atom. The number of fused-ring (bicyclic) bond motifs is 1. The van der Waals surface area contributed by atoms with Crippen LogP contribution in [0.15, 0.2) is 97.1 Å².